The summed E-state index contributed by atoms with van der Waals surface area (Å²) in [7, 11) is 0. The molecule has 0 unspecified atom stereocenters. The van der Waals surface area contributed by atoms with Crippen LogP contribution in [0.3, 0.4) is 0 Å². The molecular formula is C20H26N6S. The second-order valence-electron chi connectivity index (χ2n) is 6.15. The average molecular weight is 383 g/mol. The highest BCUT2D eigenvalue weighted by molar-refractivity contribution is 7.11. The molecule has 0 bridgehead atoms. The van der Waals surface area contributed by atoms with Gasteiger partial charge >= 0.3 is 0 Å². The summed E-state index contributed by atoms with van der Waals surface area (Å²) < 4.78 is 1.92. The number of guanidine groups is 1. The molecule has 0 radical (unpaired) electrons. The van der Waals surface area contributed by atoms with Crippen LogP contribution >= 0.6 is 11.3 Å². The zero-order chi connectivity index (χ0) is 18.9. The van der Waals surface area contributed by atoms with Crippen molar-refractivity contribution in [1.82, 2.24) is 25.4 Å². The molecule has 0 fully saturated rings. The van der Waals surface area contributed by atoms with Crippen molar-refractivity contribution in [2.24, 2.45) is 4.99 Å². The van der Waals surface area contributed by atoms with Crippen LogP contribution in [0.25, 0.3) is 0 Å². The molecule has 7 heteroatoms. The maximum Gasteiger partial charge on any atom is 0.191 e. The molecule has 0 spiro atoms. The van der Waals surface area contributed by atoms with Crippen molar-refractivity contribution < 1.29 is 0 Å². The van der Waals surface area contributed by atoms with Gasteiger partial charge in [-0.15, -0.1) is 11.3 Å². The van der Waals surface area contributed by atoms with Gasteiger partial charge in [0, 0.05) is 30.0 Å². The van der Waals surface area contributed by atoms with E-state index in [2.05, 4.69) is 58.8 Å². The van der Waals surface area contributed by atoms with Crippen LogP contribution in [-0.2, 0) is 26.1 Å². The van der Waals surface area contributed by atoms with Crippen molar-refractivity contribution in [2.75, 3.05) is 6.54 Å². The van der Waals surface area contributed by atoms with Crippen molar-refractivity contribution in [3.05, 3.63) is 69.9 Å². The van der Waals surface area contributed by atoms with Crippen LogP contribution in [0, 0.1) is 0 Å². The normalized spacial score (nSPS) is 11.6. The lowest BCUT2D eigenvalue weighted by Crippen LogP contribution is -2.36. The topological polar surface area (TPSA) is 67.1 Å². The minimum Gasteiger partial charge on any atom is -0.357 e. The minimum atomic E-state index is 0.625. The highest BCUT2D eigenvalue weighted by Crippen LogP contribution is 2.13. The van der Waals surface area contributed by atoms with E-state index in [-0.39, 0.29) is 0 Å². The van der Waals surface area contributed by atoms with Crippen LogP contribution in [0.2, 0.25) is 0 Å². The molecule has 3 aromatic rings. The van der Waals surface area contributed by atoms with E-state index in [0.29, 0.717) is 13.1 Å². The van der Waals surface area contributed by atoms with Gasteiger partial charge in [-0.05, 0) is 30.5 Å². The molecule has 0 aliphatic carbocycles. The van der Waals surface area contributed by atoms with E-state index in [9.17, 15) is 0 Å². The Bertz CT molecular complexity index is 853. The Hall–Kier alpha value is -2.67. The number of aliphatic imine (C=N–C) groups is 1. The molecule has 0 atom stereocenters. The zero-order valence-corrected chi connectivity index (χ0v) is 16.7. The lowest BCUT2D eigenvalue weighted by atomic mass is 10.1. The predicted octanol–water partition coefficient (Wildman–Crippen LogP) is 3.21. The smallest absolute Gasteiger partial charge is 0.191 e. The second kappa shape index (κ2) is 9.87. The molecule has 3 rings (SSSR count). The first-order valence-electron chi connectivity index (χ1n) is 9.27. The summed E-state index contributed by atoms with van der Waals surface area (Å²) >= 11 is 1.75. The Kier molecular flexibility index (Phi) is 6.98. The van der Waals surface area contributed by atoms with Gasteiger partial charge in [0.15, 0.2) is 5.96 Å². The van der Waals surface area contributed by atoms with Crippen LogP contribution < -0.4 is 10.6 Å². The molecule has 0 aliphatic rings. The summed E-state index contributed by atoms with van der Waals surface area (Å²) in [4.78, 5) is 10.5. The zero-order valence-electron chi connectivity index (χ0n) is 15.9. The van der Waals surface area contributed by atoms with Crippen molar-refractivity contribution in [3.8, 4) is 0 Å². The second-order valence-corrected chi connectivity index (χ2v) is 7.35. The lowest BCUT2D eigenvalue weighted by molar-refractivity contribution is 0.686. The molecule has 2 N–H and O–H groups in total. The van der Waals surface area contributed by atoms with Gasteiger partial charge in [0.1, 0.15) is 5.01 Å². The van der Waals surface area contributed by atoms with Gasteiger partial charge in [-0.2, -0.15) is 5.10 Å². The fourth-order valence-corrected chi connectivity index (χ4v) is 3.47. The monoisotopic (exact) mass is 382 g/mol. The Morgan fingerprint density at radius 2 is 2.07 bits per heavy atom. The number of hydrogen-bond donors (Lipinski definition) is 2. The highest BCUT2D eigenvalue weighted by atomic mass is 32.1. The van der Waals surface area contributed by atoms with Crippen LogP contribution in [0.5, 0.6) is 0 Å². The number of nitrogens with zero attached hydrogens (tertiary/aromatic N) is 4. The van der Waals surface area contributed by atoms with Gasteiger partial charge in [-0.25, -0.2) is 9.98 Å². The van der Waals surface area contributed by atoms with Crippen LogP contribution in [0.15, 0.2) is 53.9 Å². The number of rotatable bonds is 8. The largest absolute Gasteiger partial charge is 0.357 e. The van der Waals surface area contributed by atoms with Gasteiger partial charge in [0.2, 0.25) is 0 Å². The van der Waals surface area contributed by atoms with Crippen molar-refractivity contribution in [1.29, 1.82) is 0 Å². The third kappa shape index (κ3) is 5.92. The molecule has 2 heterocycles. The molecule has 0 saturated heterocycles. The Balaban J connectivity index is 1.60. The lowest BCUT2D eigenvalue weighted by Gasteiger charge is -2.10. The standard InChI is InChI=1S/C20H26N6S/c1-3-18-13-22-19(27-18)14-24-20(21-4-2)23-12-16-7-5-8-17(11-16)15-26-10-6-9-25-26/h5-11,13H,3-4,12,14-15H2,1-2H3,(H2,21,23,24). The first kappa shape index (κ1) is 19.1. The van der Waals surface area contributed by atoms with Crippen molar-refractivity contribution in [3.63, 3.8) is 0 Å². The first-order chi connectivity index (χ1) is 13.3. The fraction of sp³-hybridized carbons (Fsp3) is 0.350. The highest BCUT2D eigenvalue weighted by Gasteiger charge is 2.03. The van der Waals surface area contributed by atoms with Gasteiger partial charge in [-0.1, -0.05) is 31.2 Å². The number of aryl methyl sites for hydroxylation is 1. The van der Waals surface area contributed by atoms with E-state index in [1.807, 2.05) is 23.1 Å². The van der Waals surface area contributed by atoms with E-state index < -0.39 is 0 Å². The van der Waals surface area contributed by atoms with E-state index >= 15 is 0 Å². The summed E-state index contributed by atoms with van der Waals surface area (Å²) in [6.07, 6.45) is 6.76. The molecule has 0 aliphatic heterocycles. The fourth-order valence-electron chi connectivity index (χ4n) is 2.67. The maximum atomic E-state index is 4.71. The number of thiazole rings is 1. The van der Waals surface area contributed by atoms with Crippen LogP contribution in [0.1, 0.15) is 34.9 Å². The summed E-state index contributed by atoms with van der Waals surface area (Å²) in [5, 5.41) is 12.0. The van der Waals surface area contributed by atoms with Gasteiger partial charge < -0.3 is 10.6 Å². The number of benzene rings is 1. The van der Waals surface area contributed by atoms with E-state index in [1.54, 1.807) is 17.5 Å². The number of aromatic nitrogens is 3. The molecule has 142 valence electrons. The molecule has 6 nitrogen and oxygen atoms in total. The van der Waals surface area contributed by atoms with E-state index in [1.165, 1.54) is 16.0 Å². The van der Waals surface area contributed by atoms with E-state index in [4.69, 9.17) is 4.99 Å². The SMILES string of the molecule is CCNC(=NCc1cccc(Cn2cccn2)c1)NCc1ncc(CC)s1. The average Bonchev–Trinajstić information content (AvgIpc) is 3.36. The summed E-state index contributed by atoms with van der Waals surface area (Å²) in [5.41, 5.74) is 2.40. The maximum absolute atomic E-state index is 4.71. The van der Waals surface area contributed by atoms with Gasteiger partial charge in [0.25, 0.3) is 0 Å². The quantitative estimate of drug-likeness (QED) is 0.464. The Morgan fingerprint density at radius 1 is 1.19 bits per heavy atom. The number of hydrogen-bond acceptors (Lipinski definition) is 4. The minimum absolute atomic E-state index is 0.625. The molecule has 0 saturated carbocycles. The number of nitrogens with one attached hydrogen (secondary N) is 2. The van der Waals surface area contributed by atoms with Gasteiger partial charge in [-0.3, -0.25) is 4.68 Å². The molecule has 27 heavy (non-hydrogen) atoms. The summed E-state index contributed by atoms with van der Waals surface area (Å²) in [6, 6.07) is 10.4. The van der Waals surface area contributed by atoms with Crippen LogP contribution in [0.4, 0.5) is 0 Å². The Labute approximate surface area is 164 Å². The molecular weight excluding hydrogens is 356 g/mol. The van der Waals surface area contributed by atoms with Crippen molar-refractivity contribution in [2.45, 2.75) is 39.9 Å². The first-order valence-corrected chi connectivity index (χ1v) is 10.1. The molecule has 0 amide bonds. The van der Waals surface area contributed by atoms with Crippen LogP contribution in [-0.4, -0.2) is 27.3 Å². The third-order valence-corrected chi connectivity index (χ3v) is 5.16. The Morgan fingerprint density at radius 3 is 2.81 bits per heavy atom. The molecule has 2 aromatic heterocycles. The third-order valence-electron chi connectivity index (χ3n) is 4.02. The van der Waals surface area contributed by atoms with Gasteiger partial charge in [0.05, 0.1) is 19.6 Å². The summed E-state index contributed by atoms with van der Waals surface area (Å²) in [6.45, 7) is 7.13. The van der Waals surface area contributed by atoms with E-state index in [0.717, 1.165) is 30.5 Å². The summed E-state index contributed by atoms with van der Waals surface area (Å²) in [5.74, 6) is 0.809. The molecule has 1 aromatic carbocycles. The van der Waals surface area contributed by atoms with Crippen molar-refractivity contribution >= 4 is 17.3 Å². The predicted molar refractivity (Wildman–Crippen MR) is 111 cm³/mol.